The lowest BCUT2D eigenvalue weighted by atomic mass is 10.1. The van der Waals surface area contributed by atoms with Gasteiger partial charge in [-0.15, -0.1) is 0 Å². The Morgan fingerprint density at radius 2 is 2.29 bits per heavy atom. The van der Waals surface area contributed by atoms with Crippen LogP contribution in [0.25, 0.3) is 6.08 Å². The number of hydrogen-bond acceptors (Lipinski definition) is 1. The van der Waals surface area contributed by atoms with E-state index in [1.165, 1.54) is 12.1 Å². The minimum atomic E-state index is -0.970. The van der Waals surface area contributed by atoms with Crippen molar-refractivity contribution in [2.45, 2.75) is 0 Å². The van der Waals surface area contributed by atoms with Gasteiger partial charge in [0.2, 0.25) is 0 Å². The molecule has 0 fully saturated rings. The Bertz CT molecular complexity index is 374. The summed E-state index contributed by atoms with van der Waals surface area (Å²) in [5.41, 5.74) is 1.02. The Kier molecular flexibility index (Phi) is 4.17. The fraction of sp³-hybridized carbons (Fsp3) is 0.100. The third-order valence-electron chi connectivity index (χ3n) is 1.63. The van der Waals surface area contributed by atoms with Crippen molar-refractivity contribution in [2.75, 3.05) is 5.33 Å². The first-order chi connectivity index (χ1) is 6.65. The van der Waals surface area contributed by atoms with Crippen LogP contribution in [0, 0.1) is 0 Å². The van der Waals surface area contributed by atoms with Crippen LogP contribution in [0.5, 0.6) is 0 Å². The third kappa shape index (κ3) is 2.86. The molecule has 1 aromatic carbocycles. The summed E-state index contributed by atoms with van der Waals surface area (Å²) in [6.07, 6.45) is 3.73. The van der Waals surface area contributed by atoms with Crippen molar-refractivity contribution in [1.29, 1.82) is 0 Å². The molecule has 1 aromatic rings. The van der Waals surface area contributed by atoms with E-state index in [9.17, 15) is 4.79 Å². The largest absolute Gasteiger partial charge is 0.478 e. The third-order valence-corrected chi connectivity index (χ3v) is 2.34. The maximum Gasteiger partial charge on any atom is 0.335 e. The van der Waals surface area contributed by atoms with Crippen molar-refractivity contribution < 1.29 is 9.90 Å². The number of carboxylic acids is 1. The van der Waals surface area contributed by atoms with Crippen molar-refractivity contribution in [1.82, 2.24) is 0 Å². The van der Waals surface area contributed by atoms with Crippen LogP contribution >= 0.6 is 27.5 Å². The maximum atomic E-state index is 10.6. The predicted octanol–water partition coefficient (Wildman–Crippen LogP) is 3.45. The molecule has 1 rings (SSSR count). The van der Waals surface area contributed by atoms with Crippen LogP contribution in [-0.2, 0) is 0 Å². The van der Waals surface area contributed by atoms with E-state index in [0.29, 0.717) is 5.02 Å². The average Bonchev–Trinajstić information content (AvgIpc) is 2.15. The topological polar surface area (TPSA) is 37.3 Å². The number of rotatable bonds is 3. The van der Waals surface area contributed by atoms with Crippen LogP contribution in [0.2, 0.25) is 5.02 Å². The van der Waals surface area contributed by atoms with Crippen LogP contribution in [0.3, 0.4) is 0 Å². The van der Waals surface area contributed by atoms with E-state index in [4.69, 9.17) is 16.7 Å². The van der Waals surface area contributed by atoms with Gasteiger partial charge in [0.05, 0.1) is 5.56 Å². The summed E-state index contributed by atoms with van der Waals surface area (Å²) >= 11 is 9.12. The first-order valence-electron chi connectivity index (χ1n) is 3.90. The molecule has 0 saturated heterocycles. The van der Waals surface area contributed by atoms with Crippen molar-refractivity contribution in [2.24, 2.45) is 0 Å². The van der Waals surface area contributed by atoms with Gasteiger partial charge in [0.15, 0.2) is 0 Å². The number of carboxylic acid groups (broad SMARTS) is 1. The first kappa shape index (κ1) is 11.3. The Morgan fingerprint density at radius 3 is 2.79 bits per heavy atom. The molecule has 0 amide bonds. The van der Waals surface area contributed by atoms with E-state index in [0.717, 1.165) is 10.9 Å². The van der Waals surface area contributed by atoms with E-state index in [1.807, 2.05) is 12.2 Å². The maximum absolute atomic E-state index is 10.6. The van der Waals surface area contributed by atoms with Crippen molar-refractivity contribution in [3.63, 3.8) is 0 Å². The van der Waals surface area contributed by atoms with Gasteiger partial charge >= 0.3 is 5.97 Å². The lowest BCUT2D eigenvalue weighted by Gasteiger charge is -1.99. The second-order valence-corrected chi connectivity index (χ2v) is 3.65. The standard InChI is InChI=1S/C10H8BrClO2/c11-5-1-2-7-3-4-8(10(13)14)6-9(7)12/h1-4,6H,5H2,(H,13,14). The number of allylic oxidation sites excluding steroid dienone is 1. The predicted molar refractivity (Wildman–Crippen MR) is 61.2 cm³/mol. The summed E-state index contributed by atoms with van der Waals surface area (Å²) in [4.78, 5) is 10.6. The molecule has 4 heteroatoms. The van der Waals surface area contributed by atoms with E-state index in [-0.39, 0.29) is 5.56 Å². The Morgan fingerprint density at radius 1 is 1.57 bits per heavy atom. The Hall–Kier alpha value is -0.800. The van der Waals surface area contributed by atoms with E-state index in [2.05, 4.69) is 15.9 Å². The zero-order valence-corrected chi connectivity index (χ0v) is 9.55. The van der Waals surface area contributed by atoms with E-state index >= 15 is 0 Å². The summed E-state index contributed by atoms with van der Waals surface area (Å²) in [7, 11) is 0. The number of halogens is 2. The number of aromatic carboxylic acids is 1. The highest BCUT2D eigenvalue weighted by Crippen LogP contribution is 2.19. The molecule has 0 saturated carbocycles. The van der Waals surface area contributed by atoms with Gasteiger partial charge in [-0.2, -0.15) is 0 Å². The molecular weight excluding hydrogens is 267 g/mol. The molecule has 0 aliphatic heterocycles. The molecule has 0 aromatic heterocycles. The fourth-order valence-corrected chi connectivity index (χ4v) is 1.40. The quantitative estimate of drug-likeness (QED) is 0.858. The highest BCUT2D eigenvalue weighted by molar-refractivity contribution is 9.09. The van der Waals surface area contributed by atoms with Crippen LogP contribution in [-0.4, -0.2) is 16.4 Å². The Balaban J connectivity index is 3.01. The van der Waals surface area contributed by atoms with Crippen molar-refractivity contribution in [3.8, 4) is 0 Å². The molecule has 0 atom stereocenters. The van der Waals surface area contributed by atoms with Gasteiger partial charge in [-0.3, -0.25) is 0 Å². The van der Waals surface area contributed by atoms with Gasteiger partial charge in [0.25, 0.3) is 0 Å². The summed E-state index contributed by atoms with van der Waals surface area (Å²) in [5, 5.41) is 9.88. The molecule has 74 valence electrons. The van der Waals surface area contributed by atoms with Gasteiger partial charge in [0.1, 0.15) is 0 Å². The minimum Gasteiger partial charge on any atom is -0.478 e. The average molecular weight is 276 g/mol. The smallest absolute Gasteiger partial charge is 0.335 e. The lowest BCUT2D eigenvalue weighted by Crippen LogP contribution is -1.95. The molecule has 14 heavy (non-hydrogen) atoms. The molecule has 0 heterocycles. The van der Waals surface area contributed by atoms with Gasteiger partial charge < -0.3 is 5.11 Å². The molecule has 0 aliphatic carbocycles. The summed E-state index contributed by atoms with van der Waals surface area (Å²) in [5.74, 6) is -0.970. The number of benzene rings is 1. The molecule has 0 spiro atoms. The zero-order valence-electron chi connectivity index (χ0n) is 7.21. The second kappa shape index (κ2) is 5.17. The van der Waals surface area contributed by atoms with Crippen LogP contribution < -0.4 is 0 Å². The summed E-state index contributed by atoms with van der Waals surface area (Å²) in [6.45, 7) is 0. The van der Waals surface area contributed by atoms with Gasteiger partial charge in [-0.25, -0.2) is 4.79 Å². The van der Waals surface area contributed by atoms with Crippen molar-refractivity contribution >= 4 is 39.6 Å². The van der Waals surface area contributed by atoms with Crippen LogP contribution in [0.15, 0.2) is 24.3 Å². The zero-order chi connectivity index (χ0) is 10.6. The normalized spacial score (nSPS) is 10.7. The van der Waals surface area contributed by atoms with Crippen LogP contribution in [0.4, 0.5) is 0 Å². The molecule has 0 unspecified atom stereocenters. The van der Waals surface area contributed by atoms with E-state index in [1.54, 1.807) is 6.07 Å². The Labute approximate surface area is 95.3 Å². The van der Waals surface area contributed by atoms with Gasteiger partial charge in [-0.05, 0) is 17.7 Å². The molecule has 0 bridgehead atoms. The molecular formula is C10H8BrClO2. The highest BCUT2D eigenvalue weighted by atomic mass is 79.9. The summed E-state index contributed by atoms with van der Waals surface area (Å²) < 4.78 is 0. The highest BCUT2D eigenvalue weighted by Gasteiger charge is 2.04. The molecule has 0 radical (unpaired) electrons. The fourth-order valence-electron chi connectivity index (χ4n) is 0.967. The second-order valence-electron chi connectivity index (χ2n) is 2.60. The van der Waals surface area contributed by atoms with Gasteiger partial charge in [0, 0.05) is 10.4 Å². The molecule has 0 aliphatic rings. The van der Waals surface area contributed by atoms with Gasteiger partial charge in [-0.1, -0.05) is 45.7 Å². The molecule has 1 N–H and O–H groups in total. The SMILES string of the molecule is O=C(O)c1ccc(C=CCBr)c(Cl)c1. The lowest BCUT2D eigenvalue weighted by molar-refractivity contribution is 0.0697. The summed E-state index contributed by atoms with van der Waals surface area (Å²) in [6, 6.07) is 4.66. The number of alkyl halides is 1. The van der Waals surface area contributed by atoms with E-state index < -0.39 is 5.97 Å². The first-order valence-corrected chi connectivity index (χ1v) is 5.40. The van der Waals surface area contributed by atoms with Crippen molar-refractivity contribution in [3.05, 3.63) is 40.4 Å². The number of carbonyl (C=O) groups is 1. The molecule has 2 nitrogen and oxygen atoms in total. The monoisotopic (exact) mass is 274 g/mol. The number of hydrogen-bond donors (Lipinski definition) is 1. The van der Waals surface area contributed by atoms with Crippen LogP contribution in [0.1, 0.15) is 15.9 Å². The minimum absolute atomic E-state index is 0.200.